The molecule has 0 aromatic carbocycles. The first-order valence-corrected chi connectivity index (χ1v) is 8.05. The first-order valence-electron chi connectivity index (χ1n) is 8.05. The molecule has 1 rings (SSSR count). The van der Waals surface area contributed by atoms with Gasteiger partial charge in [-0.2, -0.15) is 0 Å². The van der Waals surface area contributed by atoms with E-state index >= 15 is 0 Å². The molecule has 0 aromatic rings. The van der Waals surface area contributed by atoms with E-state index in [1.807, 2.05) is 0 Å². The zero-order valence-electron chi connectivity index (χ0n) is 13.0. The van der Waals surface area contributed by atoms with E-state index in [0.717, 1.165) is 32.1 Å². The summed E-state index contributed by atoms with van der Waals surface area (Å²) in [4.78, 5) is 0. The summed E-state index contributed by atoms with van der Waals surface area (Å²) in [6.45, 7) is 2.64. The van der Waals surface area contributed by atoms with Gasteiger partial charge in [-0.1, -0.05) is 31.9 Å². The van der Waals surface area contributed by atoms with Gasteiger partial charge in [-0.05, 0) is 25.7 Å². The average molecular weight is 302 g/mol. The van der Waals surface area contributed by atoms with E-state index in [-0.39, 0.29) is 13.2 Å². The Balaban J connectivity index is 2.05. The molecule has 0 radical (unpaired) electrons. The third-order valence-electron chi connectivity index (χ3n) is 3.74. The van der Waals surface area contributed by atoms with Gasteiger partial charge in [0, 0.05) is 6.61 Å². The van der Waals surface area contributed by atoms with E-state index in [1.165, 1.54) is 6.42 Å². The van der Waals surface area contributed by atoms with E-state index in [2.05, 4.69) is 19.1 Å². The normalized spacial score (nSPS) is 30.1. The average Bonchev–Trinajstić information content (AvgIpc) is 2.50. The fourth-order valence-electron chi connectivity index (χ4n) is 2.34. The molecule has 21 heavy (non-hydrogen) atoms. The lowest BCUT2D eigenvalue weighted by Crippen LogP contribution is -2.55. The van der Waals surface area contributed by atoms with Gasteiger partial charge in [0.05, 0.1) is 13.2 Å². The van der Waals surface area contributed by atoms with Crippen LogP contribution in [0.1, 0.15) is 45.4 Å². The van der Waals surface area contributed by atoms with E-state index in [0.29, 0.717) is 6.61 Å². The number of rotatable bonds is 10. The van der Waals surface area contributed by atoms with Gasteiger partial charge in [0.2, 0.25) is 0 Å². The van der Waals surface area contributed by atoms with Crippen molar-refractivity contribution in [2.24, 2.45) is 0 Å². The van der Waals surface area contributed by atoms with Gasteiger partial charge in [0.25, 0.3) is 0 Å². The third kappa shape index (κ3) is 6.89. The minimum Gasteiger partial charge on any atom is -0.394 e. The maximum absolute atomic E-state index is 9.89. The molecule has 5 heteroatoms. The van der Waals surface area contributed by atoms with E-state index in [4.69, 9.17) is 14.6 Å². The molecule has 124 valence electrons. The maximum Gasteiger partial charge on any atom is 0.111 e. The molecule has 1 aliphatic heterocycles. The monoisotopic (exact) mass is 302 g/mol. The summed E-state index contributed by atoms with van der Waals surface area (Å²) in [5.41, 5.74) is 0. The van der Waals surface area contributed by atoms with E-state index in [1.54, 1.807) is 0 Å². The van der Waals surface area contributed by atoms with Crippen molar-refractivity contribution in [1.82, 2.24) is 0 Å². The van der Waals surface area contributed by atoms with Gasteiger partial charge < -0.3 is 24.8 Å². The molecule has 0 unspecified atom stereocenters. The van der Waals surface area contributed by atoms with Gasteiger partial charge in [0.15, 0.2) is 0 Å². The van der Waals surface area contributed by atoms with Crippen LogP contribution in [0.3, 0.4) is 0 Å². The summed E-state index contributed by atoms with van der Waals surface area (Å²) < 4.78 is 10.8. The highest BCUT2D eigenvalue weighted by molar-refractivity contribution is 4.87. The molecule has 1 fully saturated rings. The van der Waals surface area contributed by atoms with E-state index < -0.39 is 24.4 Å². The van der Waals surface area contributed by atoms with Crippen molar-refractivity contribution in [3.63, 3.8) is 0 Å². The second-order valence-corrected chi connectivity index (χ2v) is 5.55. The summed E-state index contributed by atoms with van der Waals surface area (Å²) in [7, 11) is 0. The lowest BCUT2D eigenvalue weighted by atomic mass is 10.0. The van der Waals surface area contributed by atoms with Crippen LogP contribution in [-0.4, -0.2) is 59.6 Å². The zero-order chi connectivity index (χ0) is 15.5. The van der Waals surface area contributed by atoms with Crippen LogP contribution in [0, 0.1) is 0 Å². The molecule has 0 spiro atoms. The number of allylic oxidation sites excluding steroid dienone is 2. The molecule has 0 saturated carbocycles. The van der Waals surface area contributed by atoms with Gasteiger partial charge in [-0.25, -0.2) is 0 Å². The maximum atomic E-state index is 9.89. The molecule has 1 saturated heterocycles. The van der Waals surface area contributed by atoms with Crippen molar-refractivity contribution in [1.29, 1.82) is 0 Å². The molecule has 3 N–H and O–H groups in total. The van der Waals surface area contributed by atoms with Crippen LogP contribution in [-0.2, 0) is 9.47 Å². The molecule has 0 aromatic heterocycles. The van der Waals surface area contributed by atoms with Crippen LogP contribution in [0.2, 0.25) is 0 Å². The first kappa shape index (κ1) is 18.6. The second kappa shape index (κ2) is 11.2. The van der Waals surface area contributed by atoms with E-state index in [9.17, 15) is 10.2 Å². The highest BCUT2D eigenvalue weighted by Crippen LogP contribution is 2.18. The molecular formula is C16H30O5. The fraction of sp³-hybridized carbons (Fsp3) is 0.875. The van der Waals surface area contributed by atoms with Crippen molar-refractivity contribution < 1.29 is 24.8 Å². The van der Waals surface area contributed by atoms with Gasteiger partial charge in [-0.15, -0.1) is 0 Å². The minimum absolute atomic E-state index is 0.212. The molecule has 4 atom stereocenters. The Kier molecular flexibility index (Phi) is 9.87. The van der Waals surface area contributed by atoms with Crippen molar-refractivity contribution in [3.05, 3.63) is 12.2 Å². The lowest BCUT2D eigenvalue weighted by Gasteiger charge is -2.36. The molecule has 0 aliphatic carbocycles. The Labute approximate surface area is 127 Å². The Hall–Kier alpha value is -0.460. The Bertz CT molecular complexity index is 282. The summed E-state index contributed by atoms with van der Waals surface area (Å²) in [6.07, 6.45) is 7.77. The molecule has 0 bridgehead atoms. The molecular weight excluding hydrogens is 272 g/mol. The van der Waals surface area contributed by atoms with Crippen LogP contribution in [0.5, 0.6) is 0 Å². The van der Waals surface area contributed by atoms with Crippen LogP contribution < -0.4 is 0 Å². The standard InChI is InChI=1S/C16H30O5/c1-2-3-4-5-6-7-8-9-10-20-14-12-21-13(11-17)15(18)16(14)19/h4-5,13-19H,2-3,6-12H2,1H3/b5-4+/t13-,14+,15-,16-/m1/s1. The minimum atomic E-state index is -1.09. The largest absolute Gasteiger partial charge is 0.394 e. The van der Waals surface area contributed by atoms with Gasteiger partial charge >= 0.3 is 0 Å². The van der Waals surface area contributed by atoms with Crippen molar-refractivity contribution in [3.8, 4) is 0 Å². The summed E-state index contributed by atoms with van der Waals surface area (Å²) in [6, 6.07) is 0. The second-order valence-electron chi connectivity index (χ2n) is 5.55. The molecule has 0 amide bonds. The Morgan fingerprint density at radius 2 is 1.86 bits per heavy atom. The fourth-order valence-corrected chi connectivity index (χ4v) is 2.34. The SMILES string of the molecule is CCC/C=C/CCCCCO[C@H]1CO[C@H](CO)[C@@H](O)[C@@H]1O. The van der Waals surface area contributed by atoms with Gasteiger partial charge in [0.1, 0.15) is 24.4 Å². The van der Waals surface area contributed by atoms with Crippen LogP contribution in [0.4, 0.5) is 0 Å². The van der Waals surface area contributed by atoms with Crippen molar-refractivity contribution in [2.45, 2.75) is 69.9 Å². The number of aliphatic hydroxyl groups is 3. The molecule has 1 aliphatic rings. The Morgan fingerprint density at radius 3 is 2.57 bits per heavy atom. The number of unbranched alkanes of at least 4 members (excludes halogenated alkanes) is 4. The topological polar surface area (TPSA) is 79.2 Å². The summed E-state index contributed by atoms with van der Waals surface area (Å²) >= 11 is 0. The number of aliphatic hydroxyl groups excluding tert-OH is 3. The molecule has 5 nitrogen and oxygen atoms in total. The number of ether oxygens (including phenoxy) is 2. The van der Waals surface area contributed by atoms with Gasteiger partial charge in [-0.3, -0.25) is 0 Å². The quantitative estimate of drug-likeness (QED) is 0.420. The predicted octanol–water partition coefficient (Wildman–Crippen LogP) is 1.40. The number of hydrogen-bond acceptors (Lipinski definition) is 5. The van der Waals surface area contributed by atoms with Crippen LogP contribution >= 0.6 is 0 Å². The smallest absolute Gasteiger partial charge is 0.111 e. The third-order valence-corrected chi connectivity index (χ3v) is 3.74. The van der Waals surface area contributed by atoms with Crippen LogP contribution in [0.25, 0.3) is 0 Å². The summed E-state index contributed by atoms with van der Waals surface area (Å²) in [5.74, 6) is 0. The highest BCUT2D eigenvalue weighted by Gasteiger charge is 2.38. The first-order chi connectivity index (χ1) is 10.2. The number of hydrogen-bond donors (Lipinski definition) is 3. The van der Waals surface area contributed by atoms with Crippen LogP contribution in [0.15, 0.2) is 12.2 Å². The zero-order valence-corrected chi connectivity index (χ0v) is 13.0. The summed E-state index contributed by atoms with van der Waals surface area (Å²) in [5, 5.41) is 28.6. The Morgan fingerprint density at radius 1 is 1.10 bits per heavy atom. The predicted molar refractivity (Wildman–Crippen MR) is 81.1 cm³/mol. The lowest BCUT2D eigenvalue weighted by molar-refractivity contribution is -0.208. The highest BCUT2D eigenvalue weighted by atomic mass is 16.6. The van der Waals surface area contributed by atoms with Crippen molar-refractivity contribution >= 4 is 0 Å². The van der Waals surface area contributed by atoms with Crippen molar-refractivity contribution in [2.75, 3.05) is 19.8 Å². The molecule has 1 heterocycles.